The van der Waals surface area contributed by atoms with Gasteiger partial charge >= 0.3 is 0 Å². The third kappa shape index (κ3) is 2.78. The number of hydrogen-bond acceptors (Lipinski definition) is 4. The van der Waals surface area contributed by atoms with Crippen molar-refractivity contribution in [3.8, 4) is 11.5 Å². The Labute approximate surface area is 134 Å². The van der Waals surface area contributed by atoms with E-state index in [-0.39, 0.29) is 12.5 Å². The molecule has 0 spiro atoms. The highest BCUT2D eigenvalue weighted by atomic mass is 35.5. The quantitative estimate of drug-likeness (QED) is 0.785. The van der Waals surface area contributed by atoms with Crippen LogP contribution in [-0.2, 0) is 16.2 Å². The average molecular weight is 324 g/mol. The SMILES string of the molecule is C=C1COc2cc(Cl)c(CN3OCC(C)(C)C3=O)cc2OC1. The van der Waals surface area contributed by atoms with E-state index in [1.807, 2.05) is 13.8 Å². The number of benzene rings is 1. The minimum Gasteiger partial charge on any atom is -0.485 e. The molecule has 1 fully saturated rings. The summed E-state index contributed by atoms with van der Waals surface area (Å²) < 4.78 is 11.3. The Morgan fingerprint density at radius 2 is 1.91 bits per heavy atom. The number of fused-ring (bicyclic) bond motifs is 1. The van der Waals surface area contributed by atoms with Gasteiger partial charge in [0.1, 0.15) is 13.2 Å². The van der Waals surface area contributed by atoms with Gasteiger partial charge in [0.15, 0.2) is 11.5 Å². The van der Waals surface area contributed by atoms with Crippen LogP contribution in [0.3, 0.4) is 0 Å². The van der Waals surface area contributed by atoms with Gasteiger partial charge in [0, 0.05) is 11.1 Å². The summed E-state index contributed by atoms with van der Waals surface area (Å²) in [5.74, 6) is 1.13. The van der Waals surface area contributed by atoms with Gasteiger partial charge in [0.05, 0.1) is 18.6 Å². The van der Waals surface area contributed by atoms with Gasteiger partial charge in [0.2, 0.25) is 0 Å². The van der Waals surface area contributed by atoms with Crippen LogP contribution in [0.25, 0.3) is 0 Å². The molecule has 1 saturated heterocycles. The summed E-state index contributed by atoms with van der Waals surface area (Å²) in [7, 11) is 0. The molecule has 0 radical (unpaired) electrons. The lowest BCUT2D eigenvalue weighted by Crippen LogP contribution is -2.30. The highest BCUT2D eigenvalue weighted by Crippen LogP contribution is 2.37. The molecule has 2 aliphatic rings. The van der Waals surface area contributed by atoms with Crippen LogP contribution < -0.4 is 9.47 Å². The van der Waals surface area contributed by atoms with Crippen LogP contribution in [0.5, 0.6) is 11.5 Å². The predicted octanol–water partition coefficient (Wildman–Crippen LogP) is 2.97. The molecule has 2 heterocycles. The zero-order chi connectivity index (χ0) is 15.9. The summed E-state index contributed by atoms with van der Waals surface area (Å²) >= 11 is 6.30. The molecule has 0 bridgehead atoms. The summed E-state index contributed by atoms with van der Waals surface area (Å²) in [4.78, 5) is 17.7. The first kappa shape index (κ1) is 15.2. The molecule has 0 atom stereocenters. The van der Waals surface area contributed by atoms with E-state index >= 15 is 0 Å². The molecule has 6 heteroatoms. The van der Waals surface area contributed by atoms with Gasteiger partial charge in [-0.15, -0.1) is 0 Å². The Bertz CT molecular complexity index is 641. The Hall–Kier alpha value is -1.72. The summed E-state index contributed by atoms with van der Waals surface area (Å²) in [5.41, 5.74) is 1.10. The first-order chi connectivity index (χ1) is 10.4. The number of hydrogen-bond donors (Lipinski definition) is 0. The third-order valence-corrected chi connectivity index (χ3v) is 4.03. The van der Waals surface area contributed by atoms with Crippen molar-refractivity contribution in [3.05, 3.63) is 34.9 Å². The molecule has 2 aliphatic heterocycles. The van der Waals surface area contributed by atoms with E-state index in [4.69, 9.17) is 25.9 Å². The highest BCUT2D eigenvalue weighted by Gasteiger charge is 2.40. The lowest BCUT2D eigenvalue weighted by Gasteiger charge is -2.18. The highest BCUT2D eigenvalue weighted by molar-refractivity contribution is 6.31. The number of amides is 1. The summed E-state index contributed by atoms with van der Waals surface area (Å²) in [6, 6.07) is 3.49. The smallest absolute Gasteiger partial charge is 0.254 e. The van der Waals surface area contributed by atoms with Crippen LogP contribution in [0.4, 0.5) is 0 Å². The lowest BCUT2D eigenvalue weighted by atomic mass is 9.95. The largest absolute Gasteiger partial charge is 0.485 e. The maximum Gasteiger partial charge on any atom is 0.254 e. The molecule has 1 aromatic carbocycles. The lowest BCUT2D eigenvalue weighted by molar-refractivity contribution is -0.165. The summed E-state index contributed by atoms with van der Waals surface area (Å²) in [5, 5.41) is 1.86. The average Bonchev–Trinajstić information content (AvgIpc) is 2.62. The normalized spacial score (nSPS) is 20.2. The standard InChI is InChI=1S/C16H18ClNO4/c1-10-7-20-13-4-11(12(17)5-14(13)21-8-10)6-18-15(19)16(2,3)9-22-18/h4-5H,1,6-9H2,2-3H3. The van der Waals surface area contributed by atoms with Crippen molar-refractivity contribution in [1.29, 1.82) is 0 Å². The molecule has 0 aliphatic carbocycles. The molecule has 5 nitrogen and oxygen atoms in total. The molecule has 1 aromatic rings. The third-order valence-electron chi connectivity index (χ3n) is 3.68. The van der Waals surface area contributed by atoms with Crippen molar-refractivity contribution >= 4 is 17.5 Å². The van der Waals surface area contributed by atoms with Gasteiger partial charge in [-0.05, 0) is 31.1 Å². The number of carbonyl (C=O) groups excluding carboxylic acids is 1. The van der Waals surface area contributed by atoms with Crippen molar-refractivity contribution in [3.63, 3.8) is 0 Å². The maximum absolute atomic E-state index is 12.2. The van der Waals surface area contributed by atoms with Crippen LogP contribution in [0.1, 0.15) is 19.4 Å². The molecule has 0 aromatic heterocycles. The second-order valence-corrected chi connectivity index (χ2v) is 6.62. The Morgan fingerprint density at radius 1 is 1.27 bits per heavy atom. The van der Waals surface area contributed by atoms with Crippen LogP contribution in [0.2, 0.25) is 5.02 Å². The van der Waals surface area contributed by atoms with Gasteiger partial charge in [-0.25, -0.2) is 5.06 Å². The number of rotatable bonds is 2. The zero-order valence-electron chi connectivity index (χ0n) is 12.6. The molecular formula is C16H18ClNO4. The first-order valence-electron chi connectivity index (χ1n) is 7.06. The van der Waals surface area contributed by atoms with Crippen molar-refractivity contribution in [1.82, 2.24) is 5.06 Å². The summed E-state index contributed by atoms with van der Waals surface area (Å²) in [6.45, 7) is 9.03. The Balaban J connectivity index is 1.84. The fourth-order valence-corrected chi connectivity index (χ4v) is 2.51. The van der Waals surface area contributed by atoms with Crippen LogP contribution in [0, 0.1) is 5.41 Å². The minimum atomic E-state index is -0.504. The van der Waals surface area contributed by atoms with E-state index in [2.05, 4.69) is 6.58 Å². The van der Waals surface area contributed by atoms with Crippen molar-refractivity contribution in [2.24, 2.45) is 5.41 Å². The number of hydroxylamine groups is 2. The first-order valence-corrected chi connectivity index (χ1v) is 7.44. The van der Waals surface area contributed by atoms with E-state index in [1.165, 1.54) is 5.06 Å². The molecule has 22 heavy (non-hydrogen) atoms. The fourth-order valence-electron chi connectivity index (χ4n) is 2.29. The maximum atomic E-state index is 12.2. The van der Waals surface area contributed by atoms with Gasteiger partial charge in [-0.3, -0.25) is 9.63 Å². The Morgan fingerprint density at radius 3 is 2.50 bits per heavy atom. The molecule has 0 unspecified atom stereocenters. The van der Waals surface area contributed by atoms with Crippen LogP contribution in [-0.4, -0.2) is 30.8 Å². The summed E-state index contributed by atoms with van der Waals surface area (Å²) in [6.07, 6.45) is 0. The van der Waals surface area contributed by atoms with Crippen LogP contribution >= 0.6 is 11.6 Å². The monoisotopic (exact) mass is 323 g/mol. The van der Waals surface area contributed by atoms with Gasteiger partial charge in [0.25, 0.3) is 5.91 Å². The van der Waals surface area contributed by atoms with Crippen molar-refractivity contribution in [2.75, 3.05) is 19.8 Å². The minimum absolute atomic E-state index is 0.0518. The van der Waals surface area contributed by atoms with E-state index in [0.717, 1.165) is 11.1 Å². The molecule has 0 N–H and O–H groups in total. The molecule has 0 saturated carbocycles. The molecule has 118 valence electrons. The number of halogens is 1. The van der Waals surface area contributed by atoms with E-state index in [9.17, 15) is 4.79 Å². The number of ether oxygens (including phenoxy) is 2. The molecular weight excluding hydrogens is 306 g/mol. The van der Waals surface area contributed by atoms with Gasteiger partial charge < -0.3 is 9.47 Å². The number of carbonyl (C=O) groups is 1. The molecule has 1 amide bonds. The molecule has 3 rings (SSSR count). The van der Waals surface area contributed by atoms with E-state index in [0.29, 0.717) is 36.3 Å². The van der Waals surface area contributed by atoms with Gasteiger partial charge in [-0.2, -0.15) is 0 Å². The van der Waals surface area contributed by atoms with Gasteiger partial charge in [-0.1, -0.05) is 18.2 Å². The number of nitrogens with zero attached hydrogens (tertiary/aromatic N) is 1. The predicted molar refractivity (Wildman–Crippen MR) is 81.9 cm³/mol. The zero-order valence-corrected chi connectivity index (χ0v) is 13.4. The van der Waals surface area contributed by atoms with Crippen molar-refractivity contribution in [2.45, 2.75) is 20.4 Å². The van der Waals surface area contributed by atoms with E-state index in [1.54, 1.807) is 12.1 Å². The second kappa shape index (κ2) is 5.48. The topological polar surface area (TPSA) is 48.0 Å². The van der Waals surface area contributed by atoms with Crippen molar-refractivity contribution < 1.29 is 19.1 Å². The van der Waals surface area contributed by atoms with E-state index < -0.39 is 5.41 Å². The second-order valence-electron chi connectivity index (χ2n) is 6.22. The Kier molecular flexibility index (Phi) is 3.78. The fraction of sp³-hybridized carbons (Fsp3) is 0.438. The van der Waals surface area contributed by atoms with Crippen LogP contribution in [0.15, 0.2) is 24.3 Å².